The number of thioether (sulfide) groups is 1. The van der Waals surface area contributed by atoms with Gasteiger partial charge < -0.3 is 10.2 Å². The average molecular weight is 267 g/mol. The van der Waals surface area contributed by atoms with Crippen molar-refractivity contribution in [2.45, 2.75) is 25.0 Å². The summed E-state index contributed by atoms with van der Waals surface area (Å²) < 4.78 is 0. The smallest absolute Gasteiger partial charge is 0.235 e. The molecule has 0 aliphatic carbocycles. The normalized spacial score (nSPS) is 19.1. The van der Waals surface area contributed by atoms with Gasteiger partial charge in [-0.3, -0.25) is 4.79 Å². The summed E-state index contributed by atoms with van der Waals surface area (Å²) in [6.07, 6.45) is 4.29. The van der Waals surface area contributed by atoms with Crippen LogP contribution in [0.4, 0.5) is 0 Å². The maximum atomic E-state index is 11.9. The van der Waals surface area contributed by atoms with Gasteiger partial charge in [0.1, 0.15) is 0 Å². The lowest BCUT2D eigenvalue weighted by Crippen LogP contribution is -2.43. The third-order valence-electron chi connectivity index (χ3n) is 3.12. The number of amides is 1. The highest BCUT2D eigenvalue weighted by atomic mass is 35.5. The van der Waals surface area contributed by atoms with Crippen molar-refractivity contribution in [3.05, 3.63) is 0 Å². The van der Waals surface area contributed by atoms with Crippen LogP contribution in [0, 0.1) is 5.92 Å². The molecule has 16 heavy (non-hydrogen) atoms. The van der Waals surface area contributed by atoms with Crippen molar-refractivity contribution < 1.29 is 4.79 Å². The molecule has 1 aliphatic rings. The average Bonchev–Trinajstić information content (AvgIpc) is 2.28. The lowest BCUT2D eigenvalue weighted by atomic mass is 9.97. The van der Waals surface area contributed by atoms with Gasteiger partial charge in [-0.2, -0.15) is 11.8 Å². The molecule has 1 fully saturated rings. The van der Waals surface area contributed by atoms with Crippen molar-refractivity contribution >= 4 is 30.1 Å². The molecule has 1 aliphatic heterocycles. The van der Waals surface area contributed by atoms with E-state index in [1.807, 2.05) is 25.1 Å². The molecule has 0 saturated carbocycles. The van der Waals surface area contributed by atoms with Crippen LogP contribution in [0.15, 0.2) is 0 Å². The van der Waals surface area contributed by atoms with Gasteiger partial charge in [0.2, 0.25) is 5.91 Å². The Balaban J connectivity index is 0.00000225. The molecule has 0 bridgehead atoms. The number of nitrogens with zero attached hydrogens (tertiary/aromatic N) is 1. The van der Waals surface area contributed by atoms with Gasteiger partial charge in [0.25, 0.3) is 0 Å². The van der Waals surface area contributed by atoms with Gasteiger partial charge in [-0.25, -0.2) is 0 Å². The van der Waals surface area contributed by atoms with Crippen LogP contribution >= 0.6 is 24.2 Å². The topological polar surface area (TPSA) is 32.3 Å². The Morgan fingerprint density at radius 1 is 1.50 bits per heavy atom. The van der Waals surface area contributed by atoms with E-state index in [1.54, 1.807) is 11.8 Å². The summed E-state index contributed by atoms with van der Waals surface area (Å²) in [7, 11) is 1.99. The van der Waals surface area contributed by atoms with E-state index >= 15 is 0 Å². The minimum Gasteiger partial charge on any atom is -0.342 e. The Morgan fingerprint density at radius 3 is 2.50 bits per heavy atom. The van der Waals surface area contributed by atoms with Gasteiger partial charge >= 0.3 is 0 Å². The van der Waals surface area contributed by atoms with E-state index in [0.29, 0.717) is 5.91 Å². The molecule has 1 atom stereocenters. The Hall–Kier alpha value is 0.0700. The zero-order chi connectivity index (χ0) is 11.3. The molecule has 1 N–H and O–H groups in total. The first-order valence-electron chi connectivity index (χ1n) is 5.65. The lowest BCUT2D eigenvalue weighted by Gasteiger charge is -2.33. The number of carbonyl (C=O) groups excluding carboxylic acids is 1. The molecule has 0 aromatic rings. The molecule has 96 valence electrons. The van der Waals surface area contributed by atoms with Gasteiger partial charge in [-0.15, -0.1) is 12.4 Å². The zero-order valence-electron chi connectivity index (χ0n) is 10.4. The van der Waals surface area contributed by atoms with Gasteiger partial charge in [-0.05, 0) is 45.5 Å². The molecular weight excluding hydrogens is 244 g/mol. The maximum absolute atomic E-state index is 11.9. The van der Waals surface area contributed by atoms with Crippen LogP contribution in [0.1, 0.15) is 19.8 Å². The Kier molecular flexibility index (Phi) is 8.24. The van der Waals surface area contributed by atoms with Gasteiger partial charge in [-0.1, -0.05) is 0 Å². The van der Waals surface area contributed by atoms with Crippen LogP contribution in [-0.4, -0.2) is 49.0 Å². The Labute approximate surface area is 109 Å². The number of piperidine rings is 1. The van der Waals surface area contributed by atoms with E-state index in [1.165, 1.54) is 0 Å². The summed E-state index contributed by atoms with van der Waals surface area (Å²) in [5.41, 5.74) is 0. The van der Waals surface area contributed by atoms with Crippen LogP contribution in [0.5, 0.6) is 0 Å². The minimum absolute atomic E-state index is 0. The number of halogens is 1. The molecule has 3 nitrogen and oxygen atoms in total. The summed E-state index contributed by atoms with van der Waals surface area (Å²) in [5.74, 6) is 1.06. The predicted octanol–water partition coefficient (Wildman–Crippen LogP) is 1.62. The zero-order valence-corrected chi connectivity index (χ0v) is 12.0. The summed E-state index contributed by atoms with van der Waals surface area (Å²) in [6, 6.07) is 0. The second-order valence-electron chi connectivity index (χ2n) is 4.20. The number of nitrogens with one attached hydrogen (secondary N) is 1. The first-order valence-corrected chi connectivity index (χ1v) is 6.94. The maximum Gasteiger partial charge on any atom is 0.235 e. The number of hydrogen-bond donors (Lipinski definition) is 1. The van der Waals surface area contributed by atoms with Crippen LogP contribution in [0.3, 0.4) is 0 Å². The second-order valence-corrected chi connectivity index (χ2v) is 5.38. The molecule has 0 spiro atoms. The fourth-order valence-corrected chi connectivity index (χ4v) is 2.35. The fourth-order valence-electron chi connectivity index (χ4n) is 2.00. The van der Waals surface area contributed by atoms with Crippen molar-refractivity contribution in [3.8, 4) is 0 Å². The van der Waals surface area contributed by atoms with Crippen molar-refractivity contribution in [2.75, 3.05) is 32.9 Å². The third-order valence-corrected chi connectivity index (χ3v) is 4.03. The van der Waals surface area contributed by atoms with E-state index < -0.39 is 0 Å². The predicted molar refractivity (Wildman–Crippen MR) is 73.5 cm³/mol. The van der Waals surface area contributed by atoms with Gasteiger partial charge in [0.05, 0.1) is 5.25 Å². The Bertz CT molecular complexity index is 208. The lowest BCUT2D eigenvalue weighted by molar-refractivity contribution is -0.131. The van der Waals surface area contributed by atoms with Crippen molar-refractivity contribution in [3.63, 3.8) is 0 Å². The summed E-state index contributed by atoms with van der Waals surface area (Å²) in [4.78, 5) is 13.9. The van der Waals surface area contributed by atoms with Crippen LogP contribution < -0.4 is 5.32 Å². The van der Waals surface area contributed by atoms with Crippen molar-refractivity contribution in [1.29, 1.82) is 0 Å². The molecule has 0 radical (unpaired) electrons. The molecule has 5 heteroatoms. The van der Waals surface area contributed by atoms with Crippen molar-refractivity contribution in [1.82, 2.24) is 10.2 Å². The highest BCUT2D eigenvalue weighted by molar-refractivity contribution is 7.99. The number of hydrogen-bond acceptors (Lipinski definition) is 3. The molecule has 0 aromatic carbocycles. The molecule has 1 rings (SSSR count). The number of carbonyl (C=O) groups is 1. The first kappa shape index (κ1) is 16.1. The fraction of sp³-hybridized carbons (Fsp3) is 0.909. The standard InChI is InChI=1S/C11H22N2OS.ClH/c1-9(15-3)11(14)13-6-4-10(5-7-13)8-12-2;/h9-10,12H,4-8H2,1-3H3;1H. The largest absolute Gasteiger partial charge is 0.342 e. The van der Waals surface area contributed by atoms with Crippen molar-refractivity contribution in [2.24, 2.45) is 5.92 Å². The van der Waals surface area contributed by atoms with Gasteiger partial charge in [0.15, 0.2) is 0 Å². The summed E-state index contributed by atoms with van der Waals surface area (Å²) >= 11 is 1.63. The van der Waals surface area contributed by atoms with E-state index in [0.717, 1.165) is 38.4 Å². The van der Waals surface area contributed by atoms with Crippen LogP contribution in [0.25, 0.3) is 0 Å². The van der Waals surface area contributed by atoms with E-state index in [4.69, 9.17) is 0 Å². The molecule has 0 aromatic heterocycles. The number of likely N-dealkylation sites (tertiary alicyclic amines) is 1. The SMILES string of the molecule is CNCC1CCN(C(=O)C(C)SC)CC1.Cl. The van der Waals surface area contributed by atoms with E-state index in [9.17, 15) is 4.79 Å². The second kappa shape index (κ2) is 8.20. The Morgan fingerprint density at radius 2 is 2.06 bits per heavy atom. The highest BCUT2D eigenvalue weighted by Gasteiger charge is 2.24. The molecule has 1 heterocycles. The van der Waals surface area contributed by atoms with E-state index in [2.05, 4.69) is 5.32 Å². The number of rotatable bonds is 4. The quantitative estimate of drug-likeness (QED) is 0.839. The highest BCUT2D eigenvalue weighted by Crippen LogP contribution is 2.19. The molecule has 1 saturated heterocycles. The van der Waals surface area contributed by atoms with E-state index in [-0.39, 0.29) is 17.7 Å². The molecular formula is C11H23ClN2OS. The van der Waals surface area contributed by atoms with Crippen LogP contribution in [-0.2, 0) is 4.79 Å². The molecule has 1 unspecified atom stereocenters. The first-order chi connectivity index (χ1) is 7.19. The van der Waals surface area contributed by atoms with Crippen LogP contribution in [0.2, 0.25) is 0 Å². The minimum atomic E-state index is 0. The summed E-state index contributed by atoms with van der Waals surface area (Å²) in [6.45, 7) is 4.96. The monoisotopic (exact) mass is 266 g/mol. The molecule has 1 amide bonds. The van der Waals surface area contributed by atoms with Gasteiger partial charge in [0, 0.05) is 13.1 Å². The third kappa shape index (κ3) is 4.52. The summed E-state index contributed by atoms with van der Waals surface area (Å²) in [5, 5.41) is 3.32.